The Balaban J connectivity index is 3.04. The van der Waals surface area contributed by atoms with Gasteiger partial charge < -0.3 is 0 Å². The summed E-state index contributed by atoms with van der Waals surface area (Å²) >= 11 is 0. The summed E-state index contributed by atoms with van der Waals surface area (Å²) in [6.45, 7) is 6.82. The molecular formula is C9H21P. The quantitative estimate of drug-likeness (QED) is 0.425. The second-order valence-electron chi connectivity index (χ2n) is 3.80. The van der Waals surface area contributed by atoms with Crippen molar-refractivity contribution < 1.29 is 0 Å². The van der Waals surface area contributed by atoms with Gasteiger partial charge in [0.1, 0.15) is 0 Å². The van der Waals surface area contributed by atoms with E-state index >= 15 is 0 Å². The van der Waals surface area contributed by atoms with Crippen molar-refractivity contribution in [1.82, 2.24) is 0 Å². The van der Waals surface area contributed by atoms with E-state index in [-0.39, 0.29) is 0 Å². The van der Waals surface area contributed by atoms with Crippen molar-refractivity contribution in [1.29, 1.82) is 0 Å². The van der Waals surface area contributed by atoms with Crippen LogP contribution < -0.4 is 0 Å². The molecule has 0 heterocycles. The van der Waals surface area contributed by atoms with E-state index in [4.69, 9.17) is 0 Å². The summed E-state index contributed by atoms with van der Waals surface area (Å²) in [6.07, 6.45) is 6.90. The fraction of sp³-hybridized carbons (Fsp3) is 1.00. The molecular weight excluding hydrogens is 139 g/mol. The third-order valence-electron chi connectivity index (χ3n) is 1.67. The molecule has 0 aromatic heterocycles. The Hall–Kier alpha value is 0.430. The summed E-state index contributed by atoms with van der Waals surface area (Å²) < 4.78 is 0. The van der Waals surface area contributed by atoms with Gasteiger partial charge in [0.25, 0.3) is 0 Å². The van der Waals surface area contributed by atoms with Gasteiger partial charge in [-0.2, -0.15) is 0 Å². The zero-order chi connectivity index (χ0) is 8.04. The van der Waals surface area contributed by atoms with E-state index in [1.54, 1.807) is 0 Å². The van der Waals surface area contributed by atoms with Gasteiger partial charge in [-0.05, 0) is 11.6 Å². The number of rotatable bonds is 5. The molecule has 0 fully saturated rings. The molecule has 0 aromatic rings. The smallest absolute Gasteiger partial charge is 0.0207 e. The normalized spacial score (nSPS) is 12.0. The van der Waals surface area contributed by atoms with E-state index in [9.17, 15) is 0 Å². The van der Waals surface area contributed by atoms with E-state index in [1.807, 2.05) is 0 Å². The maximum Gasteiger partial charge on any atom is -0.0207 e. The molecule has 0 radical (unpaired) electrons. The summed E-state index contributed by atoms with van der Waals surface area (Å²) in [6, 6.07) is 0. The predicted molar refractivity (Wildman–Crippen MR) is 52.5 cm³/mol. The highest BCUT2D eigenvalue weighted by Crippen LogP contribution is 2.23. The molecule has 1 heteroatoms. The molecule has 0 aliphatic carbocycles. The van der Waals surface area contributed by atoms with Gasteiger partial charge in [0.05, 0.1) is 0 Å². The summed E-state index contributed by atoms with van der Waals surface area (Å²) in [5.41, 5.74) is 0. The average Bonchev–Trinajstić information content (AvgIpc) is 1.78. The molecule has 0 aromatic carbocycles. The van der Waals surface area contributed by atoms with E-state index in [0.717, 1.165) is 0 Å². The first-order chi connectivity index (χ1) is 4.56. The lowest BCUT2D eigenvalue weighted by atomic mass is 10.0. The van der Waals surface area contributed by atoms with Crippen LogP contribution in [0.3, 0.4) is 0 Å². The molecule has 0 spiro atoms. The summed E-state index contributed by atoms with van der Waals surface area (Å²) in [5.74, 6) is 0. The molecule has 0 amide bonds. The molecule has 0 N–H and O–H groups in total. The molecule has 1 unspecified atom stereocenters. The van der Waals surface area contributed by atoms with Crippen LogP contribution >= 0.6 is 9.24 Å². The highest BCUT2D eigenvalue weighted by molar-refractivity contribution is 7.18. The number of hydrogen-bond donors (Lipinski definition) is 0. The highest BCUT2D eigenvalue weighted by Gasteiger charge is 2.08. The summed E-state index contributed by atoms with van der Waals surface area (Å²) in [5, 5.41) is 0.466. The Bertz CT molecular complexity index is 71.3. The van der Waals surface area contributed by atoms with Gasteiger partial charge in [-0.1, -0.05) is 46.5 Å². The zero-order valence-corrected chi connectivity index (χ0v) is 8.77. The Morgan fingerprint density at radius 2 is 1.70 bits per heavy atom. The Morgan fingerprint density at radius 1 is 1.10 bits per heavy atom. The van der Waals surface area contributed by atoms with Crippen LogP contribution in [0.5, 0.6) is 0 Å². The maximum absolute atomic E-state index is 2.90. The Labute approximate surface area is 68.0 Å². The molecule has 62 valence electrons. The Morgan fingerprint density at radius 3 is 2.10 bits per heavy atom. The molecule has 0 saturated carbocycles. The van der Waals surface area contributed by atoms with Crippen LogP contribution in [0.4, 0.5) is 0 Å². The second-order valence-corrected chi connectivity index (χ2v) is 5.36. The van der Waals surface area contributed by atoms with E-state index in [2.05, 4.69) is 30.0 Å². The van der Waals surface area contributed by atoms with Crippen LogP contribution in [-0.2, 0) is 0 Å². The first-order valence-corrected chi connectivity index (χ1v) is 4.93. The van der Waals surface area contributed by atoms with Gasteiger partial charge in [0.15, 0.2) is 0 Å². The van der Waals surface area contributed by atoms with Gasteiger partial charge >= 0.3 is 0 Å². The lowest BCUT2D eigenvalue weighted by molar-refractivity contribution is 0.559. The van der Waals surface area contributed by atoms with Crippen molar-refractivity contribution in [2.24, 2.45) is 0 Å². The molecule has 10 heavy (non-hydrogen) atoms. The van der Waals surface area contributed by atoms with E-state index < -0.39 is 0 Å². The lowest BCUT2D eigenvalue weighted by Crippen LogP contribution is -2.07. The minimum Gasteiger partial charge on any atom is -0.132 e. The van der Waals surface area contributed by atoms with Gasteiger partial charge in [-0.3, -0.25) is 0 Å². The van der Waals surface area contributed by atoms with Gasteiger partial charge in [-0.25, -0.2) is 0 Å². The van der Waals surface area contributed by atoms with Gasteiger partial charge in [0, 0.05) is 0 Å². The molecule has 0 aliphatic heterocycles. The van der Waals surface area contributed by atoms with E-state index in [0.29, 0.717) is 5.16 Å². The summed E-state index contributed by atoms with van der Waals surface area (Å²) in [7, 11) is 2.90. The van der Waals surface area contributed by atoms with Crippen LogP contribution in [0, 0.1) is 0 Å². The fourth-order valence-electron chi connectivity index (χ4n) is 1.01. The van der Waals surface area contributed by atoms with Crippen LogP contribution in [0.2, 0.25) is 0 Å². The fourth-order valence-corrected chi connectivity index (χ4v) is 1.21. The van der Waals surface area contributed by atoms with Crippen molar-refractivity contribution in [3.8, 4) is 0 Å². The van der Waals surface area contributed by atoms with Crippen molar-refractivity contribution in [2.75, 3.05) is 0 Å². The third-order valence-corrected chi connectivity index (χ3v) is 1.96. The first-order valence-electron chi connectivity index (χ1n) is 4.35. The highest BCUT2D eigenvalue weighted by atomic mass is 31.0. The third kappa shape index (κ3) is 8.43. The number of unbranched alkanes of at least 4 members (excludes halogenated alkanes) is 3. The topological polar surface area (TPSA) is 0 Å². The van der Waals surface area contributed by atoms with Crippen LogP contribution in [0.15, 0.2) is 0 Å². The van der Waals surface area contributed by atoms with Crippen LogP contribution in [0.25, 0.3) is 0 Å². The van der Waals surface area contributed by atoms with Gasteiger partial charge in [0.2, 0.25) is 0 Å². The maximum atomic E-state index is 2.90. The molecule has 0 rings (SSSR count). The molecule has 0 bridgehead atoms. The van der Waals surface area contributed by atoms with Gasteiger partial charge in [-0.15, -0.1) is 9.24 Å². The summed E-state index contributed by atoms with van der Waals surface area (Å²) in [4.78, 5) is 0. The lowest BCUT2D eigenvalue weighted by Gasteiger charge is -2.16. The Kier molecular flexibility index (Phi) is 5.35. The molecule has 1 atom stereocenters. The van der Waals surface area contributed by atoms with Crippen molar-refractivity contribution >= 4 is 9.24 Å². The van der Waals surface area contributed by atoms with Crippen LogP contribution in [-0.4, -0.2) is 5.16 Å². The largest absolute Gasteiger partial charge is 0.132 e. The van der Waals surface area contributed by atoms with E-state index in [1.165, 1.54) is 32.1 Å². The zero-order valence-electron chi connectivity index (χ0n) is 7.61. The van der Waals surface area contributed by atoms with Crippen molar-refractivity contribution in [3.05, 3.63) is 0 Å². The monoisotopic (exact) mass is 160 g/mol. The molecule has 0 aliphatic rings. The van der Waals surface area contributed by atoms with Crippen molar-refractivity contribution in [3.63, 3.8) is 0 Å². The predicted octanol–water partition coefficient (Wildman–Crippen LogP) is 3.61. The molecule has 0 nitrogen and oxygen atoms in total. The SMILES string of the molecule is CCCCCCC(C)(C)P. The minimum absolute atomic E-state index is 0.466. The van der Waals surface area contributed by atoms with Crippen LogP contribution in [0.1, 0.15) is 52.9 Å². The average molecular weight is 160 g/mol. The second kappa shape index (κ2) is 5.13. The first kappa shape index (κ1) is 10.4. The molecule has 0 saturated heterocycles. The van der Waals surface area contributed by atoms with Crippen molar-refractivity contribution in [2.45, 2.75) is 58.0 Å². The standard InChI is InChI=1S/C9H21P/c1-4-5-6-7-8-9(2,3)10/h4-8,10H2,1-3H3. The number of hydrogen-bond acceptors (Lipinski definition) is 0. The minimum atomic E-state index is 0.466.